The lowest BCUT2D eigenvalue weighted by Gasteiger charge is -2.17. The van der Waals surface area contributed by atoms with Gasteiger partial charge in [-0.2, -0.15) is 4.31 Å². The molecule has 1 unspecified atom stereocenters. The highest BCUT2D eigenvalue weighted by molar-refractivity contribution is 7.89. The molecule has 1 aromatic rings. The van der Waals surface area contributed by atoms with Crippen molar-refractivity contribution < 1.29 is 13.2 Å². The second kappa shape index (κ2) is 5.70. The fourth-order valence-corrected chi connectivity index (χ4v) is 5.62. The van der Waals surface area contributed by atoms with E-state index in [2.05, 4.69) is 6.58 Å². The van der Waals surface area contributed by atoms with E-state index in [0.717, 1.165) is 22.4 Å². The van der Waals surface area contributed by atoms with Crippen LogP contribution in [0.2, 0.25) is 0 Å². The number of sulfonamides is 1. The number of rotatable bonds is 5. The summed E-state index contributed by atoms with van der Waals surface area (Å²) in [5.41, 5.74) is 2.34. The lowest BCUT2D eigenvalue weighted by Crippen LogP contribution is -2.20. The van der Waals surface area contributed by atoms with Crippen molar-refractivity contribution in [1.82, 2.24) is 4.31 Å². The first-order valence-electron chi connectivity index (χ1n) is 7.49. The van der Waals surface area contributed by atoms with Gasteiger partial charge in [-0.05, 0) is 49.4 Å². The summed E-state index contributed by atoms with van der Waals surface area (Å²) >= 11 is 0. The first kappa shape index (κ1) is 17.0. The maximum absolute atomic E-state index is 13.1. The summed E-state index contributed by atoms with van der Waals surface area (Å²) < 4.78 is 33.1. The minimum atomic E-state index is -3.52. The number of aryl methyl sites for hydroxylation is 1. The molecule has 1 aromatic carbocycles. The minimum Gasteiger partial charge on any atom is -0.496 e. The Bertz CT molecular complexity index is 707. The Hall–Kier alpha value is -1.33. The molecule has 1 saturated heterocycles. The molecule has 1 aliphatic heterocycles. The van der Waals surface area contributed by atoms with Crippen molar-refractivity contribution in [1.29, 1.82) is 0 Å². The van der Waals surface area contributed by atoms with Gasteiger partial charge in [0.05, 0.1) is 18.0 Å². The summed E-state index contributed by atoms with van der Waals surface area (Å²) in [6.07, 6.45) is 1.73. The number of benzene rings is 1. The molecule has 0 aromatic heterocycles. The van der Waals surface area contributed by atoms with E-state index in [1.807, 2.05) is 34.6 Å². The Morgan fingerprint density at radius 2 is 1.86 bits per heavy atom. The summed E-state index contributed by atoms with van der Waals surface area (Å²) in [6.45, 7) is 13.4. The molecule has 22 heavy (non-hydrogen) atoms. The lowest BCUT2D eigenvalue weighted by molar-refractivity contribution is 0.410. The van der Waals surface area contributed by atoms with Crippen LogP contribution in [0.15, 0.2) is 23.6 Å². The molecule has 0 radical (unpaired) electrons. The van der Waals surface area contributed by atoms with Crippen LogP contribution in [0.25, 0.3) is 0 Å². The summed E-state index contributed by atoms with van der Waals surface area (Å²) in [5.74, 6) is 0.984. The highest BCUT2D eigenvalue weighted by Gasteiger charge is 2.55. The summed E-state index contributed by atoms with van der Waals surface area (Å²) in [5, 5.41) is 0. The highest BCUT2D eigenvalue weighted by atomic mass is 32.2. The Morgan fingerprint density at radius 3 is 2.27 bits per heavy atom. The average Bonchev–Trinajstić information content (AvgIpc) is 3.18. The topological polar surface area (TPSA) is 46.4 Å². The second-order valence-electron chi connectivity index (χ2n) is 6.27. The molecule has 0 amide bonds. The predicted octanol–water partition coefficient (Wildman–Crippen LogP) is 3.20. The van der Waals surface area contributed by atoms with E-state index in [9.17, 15) is 8.42 Å². The van der Waals surface area contributed by atoms with E-state index in [1.165, 1.54) is 0 Å². The zero-order valence-electron chi connectivity index (χ0n) is 14.2. The quantitative estimate of drug-likeness (QED) is 0.617. The van der Waals surface area contributed by atoms with Gasteiger partial charge in [0, 0.05) is 6.04 Å². The van der Waals surface area contributed by atoms with Crippen molar-refractivity contribution in [2.45, 2.75) is 51.6 Å². The van der Waals surface area contributed by atoms with Crippen LogP contribution in [0.4, 0.5) is 0 Å². The van der Waals surface area contributed by atoms with E-state index in [-0.39, 0.29) is 18.0 Å². The molecular formula is C17H25NO3S. The molecule has 0 spiro atoms. The average molecular weight is 323 g/mol. The van der Waals surface area contributed by atoms with E-state index in [1.54, 1.807) is 23.6 Å². The molecule has 0 aliphatic carbocycles. The van der Waals surface area contributed by atoms with Crippen LogP contribution in [0.5, 0.6) is 5.75 Å². The molecule has 2 rings (SSSR count). The maximum atomic E-state index is 13.1. The van der Waals surface area contributed by atoms with Crippen molar-refractivity contribution in [3.8, 4) is 5.75 Å². The smallest absolute Gasteiger partial charge is 0.244 e. The largest absolute Gasteiger partial charge is 0.496 e. The third kappa shape index (κ3) is 2.46. The Morgan fingerprint density at radius 1 is 1.27 bits per heavy atom. The van der Waals surface area contributed by atoms with Gasteiger partial charge in [-0.25, -0.2) is 8.42 Å². The molecule has 0 bridgehead atoms. The standard InChI is InChI=1S/C17H25NO3S/c1-8-14-16(10(2)3)18(14)22(19,20)17-11(4)9-15(21-7)12(5)13(17)6/h8-10,14,16H,1H2,2-7H3/t14-,16-,18?/m0/s1. The van der Waals surface area contributed by atoms with Gasteiger partial charge in [-0.15, -0.1) is 6.58 Å². The number of nitrogens with zero attached hydrogens (tertiary/aromatic N) is 1. The van der Waals surface area contributed by atoms with Gasteiger partial charge in [0.1, 0.15) is 5.75 Å². The van der Waals surface area contributed by atoms with Crippen LogP contribution in [-0.4, -0.2) is 31.9 Å². The minimum absolute atomic E-state index is 0.00343. The van der Waals surface area contributed by atoms with Crippen molar-refractivity contribution in [3.63, 3.8) is 0 Å². The highest BCUT2D eigenvalue weighted by Crippen LogP contribution is 2.43. The van der Waals surface area contributed by atoms with Crippen molar-refractivity contribution >= 4 is 10.0 Å². The molecule has 1 aliphatic rings. The lowest BCUT2D eigenvalue weighted by atomic mass is 10.1. The zero-order valence-corrected chi connectivity index (χ0v) is 15.0. The number of hydrogen-bond acceptors (Lipinski definition) is 3. The molecule has 5 heteroatoms. The summed E-state index contributed by atoms with van der Waals surface area (Å²) in [4.78, 5) is 0.404. The molecule has 1 fully saturated rings. The van der Waals surface area contributed by atoms with Gasteiger partial charge in [0.25, 0.3) is 0 Å². The van der Waals surface area contributed by atoms with Gasteiger partial charge in [0.15, 0.2) is 0 Å². The van der Waals surface area contributed by atoms with E-state index >= 15 is 0 Å². The molecule has 0 N–H and O–H groups in total. The zero-order chi connectivity index (χ0) is 16.8. The molecule has 4 nitrogen and oxygen atoms in total. The van der Waals surface area contributed by atoms with Crippen LogP contribution in [0.3, 0.4) is 0 Å². The maximum Gasteiger partial charge on any atom is 0.244 e. The summed E-state index contributed by atoms with van der Waals surface area (Å²) in [6, 6.07) is 1.70. The molecule has 1 heterocycles. The van der Waals surface area contributed by atoms with Crippen LogP contribution in [0.1, 0.15) is 30.5 Å². The van der Waals surface area contributed by atoms with Crippen LogP contribution >= 0.6 is 0 Å². The fraction of sp³-hybridized carbons (Fsp3) is 0.529. The first-order valence-corrected chi connectivity index (χ1v) is 8.93. The van der Waals surface area contributed by atoms with Crippen LogP contribution < -0.4 is 4.74 Å². The SMILES string of the molecule is C=C[C@H]1[C@H](C(C)C)N1S(=O)(=O)c1c(C)cc(OC)c(C)c1C. The monoisotopic (exact) mass is 323 g/mol. The normalized spacial score (nSPS) is 24.4. The molecule has 122 valence electrons. The third-order valence-corrected chi connectivity index (χ3v) is 6.69. The van der Waals surface area contributed by atoms with E-state index in [4.69, 9.17) is 4.74 Å². The van der Waals surface area contributed by atoms with Gasteiger partial charge in [-0.3, -0.25) is 0 Å². The molecule has 3 atom stereocenters. The van der Waals surface area contributed by atoms with Crippen molar-refractivity contribution in [2.75, 3.05) is 7.11 Å². The number of ether oxygens (including phenoxy) is 1. The molecular weight excluding hydrogens is 298 g/mol. The predicted molar refractivity (Wildman–Crippen MR) is 88.8 cm³/mol. The second-order valence-corrected chi connectivity index (χ2v) is 8.05. The summed E-state index contributed by atoms with van der Waals surface area (Å²) in [7, 11) is -1.92. The van der Waals surface area contributed by atoms with Crippen molar-refractivity contribution in [3.05, 3.63) is 35.4 Å². The fourth-order valence-electron chi connectivity index (χ4n) is 3.23. The first-order chi connectivity index (χ1) is 10.2. The Kier molecular flexibility index (Phi) is 4.42. The Labute approximate surface area is 133 Å². The Balaban J connectivity index is 2.57. The van der Waals surface area contributed by atoms with E-state index < -0.39 is 10.0 Å². The van der Waals surface area contributed by atoms with Gasteiger partial charge < -0.3 is 4.74 Å². The third-order valence-electron chi connectivity index (χ3n) is 4.51. The number of methoxy groups -OCH3 is 1. The van der Waals surface area contributed by atoms with Gasteiger partial charge in [0.2, 0.25) is 10.0 Å². The number of hydrogen-bond donors (Lipinski definition) is 0. The van der Waals surface area contributed by atoms with Gasteiger partial charge >= 0.3 is 0 Å². The van der Waals surface area contributed by atoms with Crippen molar-refractivity contribution in [2.24, 2.45) is 5.92 Å². The van der Waals surface area contributed by atoms with E-state index in [0.29, 0.717) is 4.90 Å². The van der Waals surface area contributed by atoms with Crippen LogP contribution in [0, 0.1) is 26.7 Å². The molecule has 0 saturated carbocycles. The van der Waals surface area contributed by atoms with Gasteiger partial charge in [-0.1, -0.05) is 19.9 Å². The van der Waals surface area contributed by atoms with Crippen LogP contribution in [-0.2, 0) is 10.0 Å².